The van der Waals surface area contributed by atoms with Gasteiger partial charge in [-0.25, -0.2) is 0 Å². The number of nitrogens with zero attached hydrogens (tertiary/aromatic N) is 3. The monoisotopic (exact) mass is 208 g/mol. The van der Waals surface area contributed by atoms with Crippen molar-refractivity contribution in [2.75, 3.05) is 32.0 Å². The van der Waals surface area contributed by atoms with Crippen molar-refractivity contribution in [2.45, 2.75) is 18.5 Å². The fourth-order valence-corrected chi connectivity index (χ4v) is 2.30. The SMILES string of the molecule is Nc1cnn([C@@H]2CCN(C3COC3)C2)c1. The maximum absolute atomic E-state index is 5.66. The molecular formula is C10H16N4O. The van der Waals surface area contributed by atoms with Crippen molar-refractivity contribution in [3.05, 3.63) is 12.4 Å². The third-order valence-electron chi connectivity index (χ3n) is 3.33. The summed E-state index contributed by atoms with van der Waals surface area (Å²) >= 11 is 0. The topological polar surface area (TPSA) is 56.3 Å². The summed E-state index contributed by atoms with van der Waals surface area (Å²) in [5.74, 6) is 0. The zero-order valence-electron chi connectivity index (χ0n) is 8.67. The predicted molar refractivity (Wildman–Crippen MR) is 56.5 cm³/mol. The second-order valence-corrected chi connectivity index (χ2v) is 4.38. The van der Waals surface area contributed by atoms with Crippen LogP contribution < -0.4 is 5.73 Å². The molecule has 0 aliphatic carbocycles. The zero-order valence-corrected chi connectivity index (χ0v) is 8.67. The molecule has 1 aromatic rings. The van der Waals surface area contributed by atoms with Crippen molar-refractivity contribution >= 4 is 5.69 Å². The number of ether oxygens (including phenoxy) is 1. The normalized spacial score (nSPS) is 28.1. The molecule has 0 aromatic carbocycles. The number of anilines is 1. The van der Waals surface area contributed by atoms with Crippen LogP contribution in [0.5, 0.6) is 0 Å². The number of rotatable bonds is 2. The molecule has 5 heteroatoms. The first-order chi connectivity index (χ1) is 7.33. The maximum Gasteiger partial charge on any atom is 0.0719 e. The third-order valence-corrected chi connectivity index (χ3v) is 3.33. The van der Waals surface area contributed by atoms with Crippen LogP contribution in [-0.4, -0.2) is 47.0 Å². The van der Waals surface area contributed by atoms with Crippen LogP contribution in [0.25, 0.3) is 0 Å². The Morgan fingerprint density at radius 2 is 2.27 bits per heavy atom. The van der Waals surface area contributed by atoms with Crippen LogP contribution in [0, 0.1) is 0 Å². The molecule has 3 heterocycles. The molecule has 15 heavy (non-hydrogen) atoms. The van der Waals surface area contributed by atoms with Crippen molar-refractivity contribution in [3.8, 4) is 0 Å². The highest BCUT2D eigenvalue weighted by Gasteiger charge is 2.33. The van der Waals surface area contributed by atoms with E-state index < -0.39 is 0 Å². The minimum absolute atomic E-state index is 0.489. The zero-order chi connectivity index (χ0) is 10.3. The average molecular weight is 208 g/mol. The molecule has 2 fully saturated rings. The Bertz CT molecular complexity index is 347. The second-order valence-electron chi connectivity index (χ2n) is 4.38. The molecule has 82 valence electrons. The largest absolute Gasteiger partial charge is 0.396 e. The quantitative estimate of drug-likeness (QED) is 0.749. The van der Waals surface area contributed by atoms with E-state index in [9.17, 15) is 0 Å². The fraction of sp³-hybridized carbons (Fsp3) is 0.700. The van der Waals surface area contributed by atoms with Gasteiger partial charge in [0.15, 0.2) is 0 Å². The number of hydrogen-bond acceptors (Lipinski definition) is 4. The van der Waals surface area contributed by atoms with Gasteiger partial charge in [0, 0.05) is 19.3 Å². The third kappa shape index (κ3) is 1.61. The Morgan fingerprint density at radius 3 is 2.87 bits per heavy atom. The summed E-state index contributed by atoms with van der Waals surface area (Å²) in [6.45, 7) is 4.02. The molecule has 2 aliphatic rings. The van der Waals surface area contributed by atoms with Crippen molar-refractivity contribution in [1.29, 1.82) is 0 Å². The van der Waals surface area contributed by atoms with Crippen LogP contribution in [0.4, 0.5) is 5.69 Å². The van der Waals surface area contributed by atoms with Crippen LogP contribution in [0.3, 0.4) is 0 Å². The summed E-state index contributed by atoms with van der Waals surface area (Å²) in [5.41, 5.74) is 6.41. The molecule has 0 spiro atoms. The Hall–Kier alpha value is -1.07. The van der Waals surface area contributed by atoms with Gasteiger partial charge in [-0.15, -0.1) is 0 Å². The highest BCUT2D eigenvalue weighted by molar-refractivity contribution is 5.30. The molecule has 2 saturated heterocycles. The summed E-state index contributed by atoms with van der Waals surface area (Å²) in [6, 6.07) is 1.13. The number of nitrogen functional groups attached to an aromatic ring is 1. The molecule has 3 rings (SSSR count). The molecule has 2 aliphatic heterocycles. The van der Waals surface area contributed by atoms with Gasteiger partial charge in [-0.3, -0.25) is 9.58 Å². The number of nitrogens with two attached hydrogens (primary N) is 1. The summed E-state index contributed by atoms with van der Waals surface area (Å²) in [6.07, 6.45) is 4.80. The van der Waals surface area contributed by atoms with Crippen LogP contribution in [0.2, 0.25) is 0 Å². The van der Waals surface area contributed by atoms with Gasteiger partial charge in [-0.1, -0.05) is 0 Å². The molecule has 5 nitrogen and oxygen atoms in total. The lowest BCUT2D eigenvalue weighted by Crippen LogP contribution is -2.47. The fourth-order valence-electron chi connectivity index (χ4n) is 2.30. The van der Waals surface area contributed by atoms with Gasteiger partial charge in [0.1, 0.15) is 0 Å². The molecule has 0 radical (unpaired) electrons. The van der Waals surface area contributed by atoms with E-state index in [1.54, 1.807) is 6.20 Å². The van der Waals surface area contributed by atoms with Gasteiger partial charge < -0.3 is 10.5 Å². The molecule has 0 unspecified atom stereocenters. The van der Waals surface area contributed by atoms with Crippen LogP contribution in [-0.2, 0) is 4.74 Å². The number of likely N-dealkylation sites (tertiary alicyclic amines) is 1. The smallest absolute Gasteiger partial charge is 0.0719 e. The predicted octanol–water partition coefficient (Wildman–Crippen LogP) is 0.111. The van der Waals surface area contributed by atoms with E-state index in [2.05, 4.69) is 10.00 Å². The van der Waals surface area contributed by atoms with Crippen molar-refractivity contribution < 1.29 is 4.74 Å². The lowest BCUT2D eigenvalue weighted by molar-refractivity contribution is -0.0579. The minimum atomic E-state index is 0.489. The van der Waals surface area contributed by atoms with Crippen LogP contribution in [0.1, 0.15) is 12.5 Å². The summed E-state index contributed by atoms with van der Waals surface area (Å²) in [5, 5.41) is 4.27. The second kappa shape index (κ2) is 3.50. The Labute approximate surface area is 88.8 Å². The van der Waals surface area contributed by atoms with Gasteiger partial charge in [0.05, 0.1) is 37.2 Å². The van der Waals surface area contributed by atoms with E-state index in [4.69, 9.17) is 10.5 Å². The minimum Gasteiger partial charge on any atom is -0.396 e. The van der Waals surface area contributed by atoms with Gasteiger partial charge in [-0.05, 0) is 6.42 Å². The molecule has 2 N–H and O–H groups in total. The molecule has 0 amide bonds. The first kappa shape index (κ1) is 9.18. The lowest BCUT2D eigenvalue weighted by Gasteiger charge is -2.34. The highest BCUT2D eigenvalue weighted by atomic mass is 16.5. The van der Waals surface area contributed by atoms with Crippen molar-refractivity contribution in [2.24, 2.45) is 0 Å². The Kier molecular flexibility index (Phi) is 2.14. The van der Waals surface area contributed by atoms with E-state index in [-0.39, 0.29) is 0 Å². The molecule has 1 atom stereocenters. The number of aromatic nitrogens is 2. The van der Waals surface area contributed by atoms with E-state index in [1.807, 2.05) is 10.9 Å². The summed E-state index contributed by atoms with van der Waals surface area (Å²) in [4.78, 5) is 2.49. The summed E-state index contributed by atoms with van der Waals surface area (Å²) in [7, 11) is 0. The molecule has 0 saturated carbocycles. The first-order valence-corrected chi connectivity index (χ1v) is 5.44. The van der Waals surface area contributed by atoms with Gasteiger partial charge in [0.2, 0.25) is 0 Å². The van der Waals surface area contributed by atoms with Crippen LogP contribution in [0.15, 0.2) is 12.4 Å². The van der Waals surface area contributed by atoms with Gasteiger partial charge in [0.25, 0.3) is 0 Å². The standard InChI is InChI=1S/C10H16N4O/c11-8-3-12-14(4-8)9-1-2-13(5-9)10-6-15-7-10/h3-4,9-10H,1-2,5-7,11H2/t9-/m1/s1. The van der Waals surface area contributed by atoms with Crippen LogP contribution >= 0.6 is 0 Å². The molecular weight excluding hydrogens is 192 g/mol. The average Bonchev–Trinajstić information content (AvgIpc) is 2.70. The van der Waals surface area contributed by atoms with Crippen molar-refractivity contribution in [3.63, 3.8) is 0 Å². The molecule has 1 aromatic heterocycles. The van der Waals surface area contributed by atoms with E-state index in [0.29, 0.717) is 12.1 Å². The van der Waals surface area contributed by atoms with Gasteiger partial charge in [-0.2, -0.15) is 5.10 Å². The summed E-state index contributed by atoms with van der Waals surface area (Å²) < 4.78 is 7.20. The van der Waals surface area contributed by atoms with Gasteiger partial charge >= 0.3 is 0 Å². The van der Waals surface area contributed by atoms with E-state index >= 15 is 0 Å². The maximum atomic E-state index is 5.66. The molecule has 0 bridgehead atoms. The van der Waals surface area contributed by atoms with Crippen molar-refractivity contribution in [1.82, 2.24) is 14.7 Å². The Balaban J connectivity index is 1.65. The first-order valence-electron chi connectivity index (χ1n) is 5.44. The number of hydrogen-bond donors (Lipinski definition) is 1. The lowest BCUT2D eigenvalue weighted by atomic mass is 10.2. The highest BCUT2D eigenvalue weighted by Crippen LogP contribution is 2.25. The van der Waals surface area contributed by atoms with E-state index in [0.717, 1.165) is 38.4 Å². The Morgan fingerprint density at radius 1 is 1.40 bits per heavy atom. The van der Waals surface area contributed by atoms with E-state index in [1.165, 1.54) is 0 Å².